The van der Waals surface area contributed by atoms with Crippen LogP contribution >= 0.6 is 0 Å². The van der Waals surface area contributed by atoms with E-state index >= 15 is 0 Å². The average molecular weight is 396 g/mol. The number of hydrogen-bond acceptors (Lipinski definition) is 6. The lowest BCUT2D eigenvalue weighted by atomic mass is 10.1. The van der Waals surface area contributed by atoms with Gasteiger partial charge in [0.1, 0.15) is 11.6 Å². The third kappa shape index (κ3) is 5.29. The third-order valence-corrected chi connectivity index (χ3v) is 5.01. The van der Waals surface area contributed by atoms with E-state index in [2.05, 4.69) is 20.2 Å². The Balaban J connectivity index is 1.58. The molecule has 2 heterocycles. The molecule has 2 amide bonds. The Labute approximate surface area is 171 Å². The molecule has 3 rings (SSSR count). The van der Waals surface area contributed by atoms with E-state index in [1.165, 1.54) is 0 Å². The van der Waals surface area contributed by atoms with Crippen LogP contribution in [0.2, 0.25) is 0 Å². The van der Waals surface area contributed by atoms with Crippen LogP contribution in [0.1, 0.15) is 46.8 Å². The van der Waals surface area contributed by atoms with Crippen molar-refractivity contribution in [3.8, 4) is 0 Å². The number of nitrogens with one attached hydrogen (secondary N) is 1. The summed E-state index contributed by atoms with van der Waals surface area (Å²) in [5.74, 6) is 0.979. The quantitative estimate of drug-likeness (QED) is 0.768. The predicted octanol–water partition coefficient (Wildman–Crippen LogP) is 1.54. The Morgan fingerprint density at radius 3 is 2.59 bits per heavy atom. The molecule has 3 N–H and O–H groups in total. The van der Waals surface area contributed by atoms with Crippen molar-refractivity contribution in [3.63, 3.8) is 0 Å². The molecule has 1 aliphatic heterocycles. The van der Waals surface area contributed by atoms with E-state index < -0.39 is 0 Å². The second kappa shape index (κ2) is 9.00. The van der Waals surface area contributed by atoms with E-state index in [9.17, 15) is 9.59 Å². The predicted molar refractivity (Wildman–Crippen MR) is 111 cm³/mol. The first-order valence-electron chi connectivity index (χ1n) is 9.81. The van der Waals surface area contributed by atoms with Gasteiger partial charge in [0.15, 0.2) is 0 Å². The third-order valence-electron chi connectivity index (χ3n) is 5.01. The summed E-state index contributed by atoms with van der Waals surface area (Å²) in [6.45, 7) is 5.75. The Bertz CT molecular complexity index is 868. The largest absolute Gasteiger partial charge is 0.384 e. The first-order valence-corrected chi connectivity index (χ1v) is 9.81. The smallest absolute Gasteiger partial charge is 0.253 e. The summed E-state index contributed by atoms with van der Waals surface area (Å²) in [5.41, 5.74) is 6.86. The van der Waals surface area contributed by atoms with Crippen LogP contribution in [-0.4, -0.2) is 63.8 Å². The molecule has 1 aliphatic rings. The zero-order valence-electron chi connectivity index (χ0n) is 17.1. The second-order valence-electron chi connectivity index (χ2n) is 7.71. The molecule has 154 valence electrons. The maximum absolute atomic E-state index is 12.8. The van der Waals surface area contributed by atoms with Gasteiger partial charge in [-0.1, -0.05) is 0 Å². The summed E-state index contributed by atoms with van der Waals surface area (Å²) in [6, 6.07) is 8.80. The molecule has 29 heavy (non-hydrogen) atoms. The summed E-state index contributed by atoms with van der Waals surface area (Å²) in [6.07, 6.45) is 2.54. The summed E-state index contributed by atoms with van der Waals surface area (Å²) in [7, 11) is 2.01. The minimum atomic E-state index is -0.134. The Morgan fingerprint density at radius 1 is 1.24 bits per heavy atom. The number of likely N-dealkylation sites (tertiary alicyclic amines) is 1. The number of rotatable bonds is 6. The molecule has 1 saturated heterocycles. The van der Waals surface area contributed by atoms with Gasteiger partial charge in [0.2, 0.25) is 0 Å². The van der Waals surface area contributed by atoms with Crippen molar-refractivity contribution >= 4 is 17.6 Å². The Morgan fingerprint density at radius 2 is 1.93 bits per heavy atom. The fourth-order valence-corrected chi connectivity index (χ4v) is 3.42. The topological polar surface area (TPSA) is 104 Å². The van der Waals surface area contributed by atoms with E-state index in [4.69, 9.17) is 5.73 Å². The molecule has 0 bridgehead atoms. The van der Waals surface area contributed by atoms with Gasteiger partial charge >= 0.3 is 0 Å². The highest BCUT2D eigenvalue weighted by molar-refractivity contribution is 5.98. The molecule has 1 aromatic heterocycles. The number of carbonyl (C=O) groups excluding carboxylic acids is 2. The van der Waals surface area contributed by atoms with Gasteiger partial charge in [0.05, 0.1) is 6.54 Å². The molecule has 0 saturated carbocycles. The van der Waals surface area contributed by atoms with Crippen molar-refractivity contribution < 1.29 is 9.59 Å². The molecule has 1 atom stereocenters. The van der Waals surface area contributed by atoms with E-state index in [-0.39, 0.29) is 23.9 Å². The molecule has 2 aromatic rings. The molecular formula is C21H28N6O2. The van der Waals surface area contributed by atoms with E-state index in [1.807, 2.05) is 25.8 Å². The average Bonchev–Trinajstić information content (AvgIpc) is 3.17. The van der Waals surface area contributed by atoms with Gasteiger partial charge in [0, 0.05) is 42.5 Å². The maximum Gasteiger partial charge on any atom is 0.253 e. The van der Waals surface area contributed by atoms with Crippen LogP contribution in [-0.2, 0) is 6.54 Å². The fraction of sp³-hybridized carbons (Fsp3) is 0.429. The van der Waals surface area contributed by atoms with Crippen molar-refractivity contribution in [1.29, 1.82) is 0 Å². The molecule has 8 heteroatoms. The van der Waals surface area contributed by atoms with E-state index in [0.29, 0.717) is 42.4 Å². The normalized spacial score (nSPS) is 16.4. The van der Waals surface area contributed by atoms with Gasteiger partial charge in [-0.15, -0.1) is 0 Å². The van der Waals surface area contributed by atoms with Crippen LogP contribution < -0.4 is 11.1 Å². The number of amides is 2. The van der Waals surface area contributed by atoms with Crippen LogP contribution in [0.5, 0.6) is 0 Å². The standard InChI is InChI=1S/C21H28N6O2/c1-14(2)24-20(28)15-4-6-16(7-5-15)21(29)27-11-9-17(12-27)26(3)13-19-23-10-8-18(22)25-19/h4-8,10,14,17H,9,11-13H2,1-3H3,(H,24,28)(H2,22,23,25). The maximum atomic E-state index is 12.8. The highest BCUT2D eigenvalue weighted by Crippen LogP contribution is 2.19. The molecule has 1 aromatic carbocycles. The summed E-state index contributed by atoms with van der Waals surface area (Å²) >= 11 is 0. The molecule has 0 radical (unpaired) electrons. The van der Waals surface area contributed by atoms with Crippen molar-refractivity contribution in [1.82, 2.24) is 25.1 Å². The number of anilines is 1. The van der Waals surface area contributed by atoms with Crippen molar-refractivity contribution in [2.75, 3.05) is 25.9 Å². The van der Waals surface area contributed by atoms with Gasteiger partial charge in [-0.3, -0.25) is 14.5 Å². The zero-order chi connectivity index (χ0) is 21.0. The molecule has 1 unspecified atom stereocenters. The van der Waals surface area contributed by atoms with Crippen LogP contribution in [0, 0.1) is 0 Å². The number of carbonyl (C=O) groups is 2. The second-order valence-corrected chi connectivity index (χ2v) is 7.71. The van der Waals surface area contributed by atoms with E-state index in [0.717, 1.165) is 6.42 Å². The molecule has 8 nitrogen and oxygen atoms in total. The van der Waals surface area contributed by atoms with Crippen molar-refractivity contribution in [2.45, 2.75) is 38.9 Å². The number of benzene rings is 1. The van der Waals surface area contributed by atoms with Gasteiger partial charge in [0.25, 0.3) is 11.8 Å². The fourth-order valence-electron chi connectivity index (χ4n) is 3.42. The lowest BCUT2D eigenvalue weighted by molar-refractivity contribution is 0.0778. The van der Waals surface area contributed by atoms with Gasteiger partial charge < -0.3 is 16.0 Å². The number of likely N-dealkylation sites (N-methyl/N-ethyl adjacent to an activating group) is 1. The van der Waals surface area contributed by atoms with Crippen LogP contribution in [0.4, 0.5) is 5.82 Å². The summed E-state index contributed by atoms with van der Waals surface area (Å²) < 4.78 is 0. The number of nitrogens with two attached hydrogens (primary N) is 1. The highest BCUT2D eigenvalue weighted by Gasteiger charge is 2.29. The van der Waals surface area contributed by atoms with Crippen molar-refractivity contribution in [2.24, 2.45) is 0 Å². The van der Waals surface area contributed by atoms with Gasteiger partial charge in [-0.05, 0) is 57.6 Å². The molecule has 0 aliphatic carbocycles. The number of nitrogen functional groups attached to an aromatic ring is 1. The first kappa shape index (κ1) is 20.7. The van der Waals surface area contributed by atoms with Gasteiger partial charge in [-0.25, -0.2) is 9.97 Å². The molecule has 1 fully saturated rings. The van der Waals surface area contributed by atoms with E-state index in [1.54, 1.807) is 36.5 Å². The Kier molecular flexibility index (Phi) is 6.43. The lowest BCUT2D eigenvalue weighted by Crippen LogP contribution is -2.36. The SMILES string of the molecule is CC(C)NC(=O)c1ccc(C(=O)N2CCC(N(C)Cc3nccc(N)n3)C2)cc1. The monoisotopic (exact) mass is 396 g/mol. The first-order chi connectivity index (χ1) is 13.8. The summed E-state index contributed by atoms with van der Waals surface area (Å²) in [5, 5.41) is 2.85. The van der Waals surface area contributed by atoms with Crippen LogP contribution in [0.25, 0.3) is 0 Å². The lowest BCUT2D eigenvalue weighted by Gasteiger charge is -2.24. The zero-order valence-corrected chi connectivity index (χ0v) is 17.1. The van der Waals surface area contributed by atoms with Crippen molar-refractivity contribution in [3.05, 3.63) is 53.5 Å². The minimum Gasteiger partial charge on any atom is -0.384 e. The number of hydrogen-bond donors (Lipinski definition) is 2. The highest BCUT2D eigenvalue weighted by atomic mass is 16.2. The summed E-state index contributed by atoms with van der Waals surface area (Å²) in [4.78, 5) is 37.4. The minimum absolute atomic E-state index is 0.0167. The van der Waals surface area contributed by atoms with Gasteiger partial charge in [-0.2, -0.15) is 0 Å². The van der Waals surface area contributed by atoms with Crippen LogP contribution in [0.15, 0.2) is 36.5 Å². The number of nitrogens with zero attached hydrogens (tertiary/aromatic N) is 4. The molecular weight excluding hydrogens is 368 g/mol. The molecule has 0 spiro atoms. The number of aromatic nitrogens is 2. The van der Waals surface area contributed by atoms with Crippen LogP contribution in [0.3, 0.4) is 0 Å². The Hall–Kier alpha value is -3.00.